The minimum atomic E-state index is -2.91. The van der Waals surface area contributed by atoms with Gasteiger partial charge in [0.05, 0.1) is 39.6 Å². The highest BCUT2D eigenvalue weighted by molar-refractivity contribution is 6.60. The molecule has 260 valence electrons. The molecule has 0 fully saturated rings. The Morgan fingerprint density at radius 2 is 0.884 bits per heavy atom. The van der Waals surface area contributed by atoms with Crippen LogP contribution in [0.4, 0.5) is 0 Å². The SMILES string of the molecule is CCCCCCCCCCCCCCCC(CCC[Si](OCCOCC)(OCCOCC)OCCOCC)CC(C)(C)N. The zero-order valence-electron chi connectivity index (χ0n) is 29.7. The molecule has 0 aliphatic carbocycles. The van der Waals surface area contributed by atoms with E-state index in [1.165, 1.54) is 89.9 Å². The van der Waals surface area contributed by atoms with Crippen molar-refractivity contribution in [1.29, 1.82) is 0 Å². The van der Waals surface area contributed by atoms with E-state index in [1.807, 2.05) is 20.8 Å². The van der Waals surface area contributed by atoms with Gasteiger partial charge in [-0.25, -0.2) is 0 Å². The summed E-state index contributed by atoms with van der Waals surface area (Å²) in [6.07, 6.45) is 22.5. The molecule has 0 aromatic rings. The average Bonchev–Trinajstić information content (AvgIpc) is 2.97. The van der Waals surface area contributed by atoms with E-state index in [2.05, 4.69) is 20.8 Å². The van der Waals surface area contributed by atoms with Crippen LogP contribution in [0, 0.1) is 5.92 Å². The van der Waals surface area contributed by atoms with Gasteiger partial charge in [-0.15, -0.1) is 0 Å². The van der Waals surface area contributed by atoms with E-state index < -0.39 is 8.80 Å². The molecule has 0 aliphatic rings. The van der Waals surface area contributed by atoms with Crippen molar-refractivity contribution in [2.24, 2.45) is 11.7 Å². The Labute approximate surface area is 269 Å². The first-order chi connectivity index (χ1) is 20.8. The first kappa shape index (κ1) is 42.9. The molecule has 0 saturated carbocycles. The van der Waals surface area contributed by atoms with Crippen LogP contribution < -0.4 is 5.73 Å². The van der Waals surface area contributed by atoms with E-state index in [4.69, 9.17) is 33.2 Å². The lowest BCUT2D eigenvalue weighted by Crippen LogP contribution is -2.48. The summed E-state index contributed by atoms with van der Waals surface area (Å²) >= 11 is 0. The van der Waals surface area contributed by atoms with Crippen molar-refractivity contribution in [3.63, 3.8) is 0 Å². The van der Waals surface area contributed by atoms with Gasteiger partial charge >= 0.3 is 8.80 Å². The van der Waals surface area contributed by atoms with Crippen LogP contribution in [0.5, 0.6) is 0 Å². The van der Waals surface area contributed by atoms with Crippen molar-refractivity contribution >= 4 is 8.80 Å². The fourth-order valence-corrected chi connectivity index (χ4v) is 8.20. The largest absolute Gasteiger partial charge is 0.501 e. The monoisotopic (exact) mass is 634 g/mol. The topological polar surface area (TPSA) is 81.4 Å². The summed E-state index contributed by atoms with van der Waals surface area (Å²) in [6, 6.07) is 0.789. The third-order valence-corrected chi connectivity index (χ3v) is 10.8. The van der Waals surface area contributed by atoms with Gasteiger partial charge in [-0.3, -0.25) is 0 Å². The van der Waals surface area contributed by atoms with E-state index in [-0.39, 0.29) is 5.54 Å². The Kier molecular flexibility index (Phi) is 30.5. The molecule has 0 bridgehead atoms. The highest BCUT2D eigenvalue weighted by Crippen LogP contribution is 2.28. The maximum absolute atomic E-state index is 6.51. The van der Waals surface area contributed by atoms with Gasteiger partial charge in [-0.1, -0.05) is 103 Å². The van der Waals surface area contributed by atoms with Gasteiger partial charge < -0.3 is 33.2 Å². The summed E-state index contributed by atoms with van der Waals surface area (Å²) in [7, 11) is -2.91. The Balaban J connectivity index is 4.76. The highest BCUT2D eigenvalue weighted by atomic mass is 28.4. The van der Waals surface area contributed by atoms with Crippen molar-refractivity contribution in [2.75, 3.05) is 59.5 Å². The molecule has 0 saturated heterocycles. The summed E-state index contributed by atoms with van der Waals surface area (Å²) in [5.74, 6) is 0.606. The maximum atomic E-state index is 6.51. The zero-order chi connectivity index (χ0) is 31.9. The van der Waals surface area contributed by atoms with E-state index in [1.54, 1.807) is 0 Å². The minimum Gasteiger partial charge on any atom is -0.379 e. The second-order valence-electron chi connectivity index (χ2n) is 12.8. The molecule has 0 aliphatic heterocycles. The number of rotatable bonds is 35. The third kappa shape index (κ3) is 29.1. The van der Waals surface area contributed by atoms with Crippen LogP contribution in [0.25, 0.3) is 0 Å². The first-order valence-corrected chi connectivity index (χ1v) is 20.2. The van der Waals surface area contributed by atoms with Crippen molar-refractivity contribution in [3.05, 3.63) is 0 Å². The average molecular weight is 634 g/mol. The number of hydrogen-bond acceptors (Lipinski definition) is 7. The lowest BCUT2D eigenvalue weighted by atomic mass is 9.85. The molecular weight excluding hydrogens is 558 g/mol. The van der Waals surface area contributed by atoms with Crippen molar-refractivity contribution in [1.82, 2.24) is 0 Å². The smallest absolute Gasteiger partial charge is 0.379 e. The Morgan fingerprint density at radius 1 is 0.512 bits per heavy atom. The molecule has 8 heteroatoms. The molecule has 0 spiro atoms. The van der Waals surface area contributed by atoms with E-state index in [9.17, 15) is 0 Å². The van der Waals surface area contributed by atoms with Gasteiger partial charge in [0.25, 0.3) is 0 Å². The fraction of sp³-hybridized carbons (Fsp3) is 1.00. The number of ether oxygens (including phenoxy) is 3. The Hall–Kier alpha value is -0.0631. The second kappa shape index (κ2) is 30.6. The van der Waals surface area contributed by atoms with Crippen LogP contribution in [0.3, 0.4) is 0 Å². The van der Waals surface area contributed by atoms with Gasteiger partial charge in [-0.2, -0.15) is 0 Å². The number of nitrogens with two attached hydrogens (primary N) is 1. The molecule has 7 nitrogen and oxygen atoms in total. The number of unbranched alkanes of at least 4 members (excludes halogenated alkanes) is 12. The van der Waals surface area contributed by atoms with E-state index in [0.717, 1.165) is 25.3 Å². The number of hydrogen-bond donors (Lipinski definition) is 1. The Bertz CT molecular complexity index is 532. The molecular formula is C35H75NO6Si. The maximum Gasteiger partial charge on any atom is 0.501 e. The predicted octanol–water partition coefficient (Wildman–Crippen LogP) is 9.09. The van der Waals surface area contributed by atoms with Crippen LogP contribution in [0.1, 0.15) is 151 Å². The van der Waals surface area contributed by atoms with Gasteiger partial charge in [0, 0.05) is 31.4 Å². The summed E-state index contributed by atoms with van der Waals surface area (Å²) < 4.78 is 35.8. The molecule has 2 N–H and O–H groups in total. The summed E-state index contributed by atoms with van der Waals surface area (Å²) in [4.78, 5) is 0. The summed E-state index contributed by atoms with van der Waals surface area (Å²) in [5.41, 5.74) is 6.35. The normalized spacial score (nSPS) is 13.2. The molecule has 1 atom stereocenters. The molecule has 0 aromatic heterocycles. The van der Waals surface area contributed by atoms with Crippen LogP contribution in [-0.2, 0) is 27.5 Å². The van der Waals surface area contributed by atoms with Gasteiger partial charge in [0.1, 0.15) is 0 Å². The van der Waals surface area contributed by atoms with Crippen LogP contribution in [0.15, 0.2) is 0 Å². The van der Waals surface area contributed by atoms with Crippen molar-refractivity contribution < 1.29 is 27.5 Å². The predicted molar refractivity (Wildman–Crippen MR) is 184 cm³/mol. The molecule has 0 heterocycles. The highest BCUT2D eigenvalue weighted by Gasteiger charge is 2.41. The summed E-state index contributed by atoms with van der Waals surface area (Å²) in [6.45, 7) is 17.7. The van der Waals surface area contributed by atoms with Gasteiger partial charge in [0.2, 0.25) is 0 Å². The molecule has 0 aromatic carbocycles. The quantitative estimate of drug-likeness (QED) is 0.0551. The molecule has 0 rings (SSSR count). The van der Waals surface area contributed by atoms with E-state index >= 15 is 0 Å². The van der Waals surface area contributed by atoms with Crippen LogP contribution >= 0.6 is 0 Å². The lowest BCUT2D eigenvalue weighted by Gasteiger charge is -2.31. The Morgan fingerprint density at radius 3 is 1.26 bits per heavy atom. The molecule has 0 amide bonds. The fourth-order valence-electron chi connectivity index (χ4n) is 5.69. The third-order valence-electron chi connectivity index (χ3n) is 7.89. The van der Waals surface area contributed by atoms with Crippen LogP contribution in [0.2, 0.25) is 6.04 Å². The molecule has 0 radical (unpaired) electrons. The molecule has 1 unspecified atom stereocenters. The standard InChI is InChI=1S/C35H75NO6Si/c1-7-11-12-13-14-15-16-17-18-19-20-21-22-24-34(33-35(5,6)36)25-23-32-43(40-29-26-37-8-2,41-30-27-38-9-3)42-31-28-39-10-4/h34H,7-33,36H2,1-6H3. The minimum absolute atomic E-state index is 0.161. The van der Waals surface area contributed by atoms with Crippen LogP contribution in [-0.4, -0.2) is 73.8 Å². The molecule has 43 heavy (non-hydrogen) atoms. The van der Waals surface area contributed by atoms with Crippen molar-refractivity contribution in [3.8, 4) is 0 Å². The zero-order valence-corrected chi connectivity index (χ0v) is 30.7. The lowest BCUT2D eigenvalue weighted by molar-refractivity contribution is 0.00301. The van der Waals surface area contributed by atoms with Gasteiger partial charge in [0.15, 0.2) is 0 Å². The van der Waals surface area contributed by atoms with Crippen molar-refractivity contribution in [2.45, 2.75) is 162 Å². The first-order valence-electron chi connectivity index (χ1n) is 18.3. The second-order valence-corrected chi connectivity index (χ2v) is 15.5. The van der Waals surface area contributed by atoms with E-state index in [0.29, 0.717) is 65.4 Å². The summed E-state index contributed by atoms with van der Waals surface area (Å²) in [5, 5.41) is 0. The van der Waals surface area contributed by atoms with Gasteiger partial charge in [-0.05, 0) is 53.4 Å².